The van der Waals surface area contributed by atoms with Crippen molar-refractivity contribution >= 4 is 29.8 Å². The topological polar surface area (TPSA) is 164 Å². The molecular weight excluding hydrogens is 644 g/mol. The van der Waals surface area contributed by atoms with Gasteiger partial charge in [-0.25, -0.2) is 24.0 Å². The summed E-state index contributed by atoms with van der Waals surface area (Å²) >= 11 is 0. The number of nitrogens with one attached hydrogen (secondary N) is 2. The van der Waals surface area contributed by atoms with Crippen molar-refractivity contribution in [3.8, 4) is 0 Å². The summed E-state index contributed by atoms with van der Waals surface area (Å²) < 4.78 is 24.4. The van der Waals surface area contributed by atoms with Gasteiger partial charge in [0.15, 0.2) is 12.3 Å². The predicted molar refractivity (Wildman–Crippen MR) is 178 cm³/mol. The SMILES string of the molecule is O=C(NCc1ccccc1)Nc1ccn(C2O[C@H](OC(=O)c3ccccc3)[C@@H](OC(=O)c3ccccc3)[C@H]2OC(=O)c2ccccc2)c(=O)n1. The number of amides is 2. The molecule has 2 amide bonds. The molecule has 0 saturated carbocycles. The van der Waals surface area contributed by atoms with Crippen LogP contribution in [0.3, 0.4) is 0 Å². The first-order valence-corrected chi connectivity index (χ1v) is 15.5. The van der Waals surface area contributed by atoms with E-state index in [2.05, 4.69) is 15.6 Å². The molecule has 2 N–H and O–H groups in total. The van der Waals surface area contributed by atoms with Gasteiger partial charge in [0.05, 0.1) is 16.7 Å². The van der Waals surface area contributed by atoms with E-state index in [9.17, 15) is 24.0 Å². The standard InChI is InChI=1S/C37H30N4O9/c42-32(25-15-7-2-8-16-25)47-29-30(48-33(43)26-17-9-3-10-18-26)35(50-34(44)27-19-11-4-12-20-27)49-31(29)41-22-21-28(40-37(41)46)39-36(45)38-23-24-13-5-1-6-14-24/h1-22,29-31,35H,23H2,(H2,38,39,40,45,46)/t29-,30+,31?,35-/m1/s1. The summed E-state index contributed by atoms with van der Waals surface area (Å²) in [4.78, 5) is 69.8. The lowest BCUT2D eigenvalue weighted by Gasteiger charge is -2.24. The zero-order valence-corrected chi connectivity index (χ0v) is 26.3. The Morgan fingerprint density at radius 1 is 0.640 bits per heavy atom. The first-order chi connectivity index (χ1) is 24.4. The number of nitrogens with zero attached hydrogens (tertiary/aromatic N) is 2. The summed E-state index contributed by atoms with van der Waals surface area (Å²) in [5.74, 6) is -2.55. The van der Waals surface area contributed by atoms with Crippen LogP contribution in [0.2, 0.25) is 0 Å². The van der Waals surface area contributed by atoms with Crippen molar-refractivity contribution in [2.75, 3.05) is 5.32 Å². The van der Waals surface area contributed by atoms with E-state index in [4.69, 9.17) is 18.9 Å². The highest BCUT2D eigenvalue weighted by Gasteiger charge is 2.53. The quantitative estimate of drug-likeness (QED) is 0.156. The second kappa shape index (κ2) is 15.5. The second-order valence-corrected chi connectivity index (χ2v) is 10.9. The zero-order valence-electron chi connectivity index (χ0n) is 26.3. The average molecular weight is 675 g/mol. The summed E-state index contributed by atoms with van der Waals surface area (Å²) in [6, 6.07) is 34.0. The summed E-state index contributed by atoms with van der Waals surface area (Å²) in [6.07, 6.45) is -4.93. The fourth-order valence-electron chi connectivity index (χ4n) is 5.07. The molecule has 4 atom stereocenters. The molecule has 4 aromatic carbocycles. The van der Waals surface area contributed by atoms with Crippen LogP contribution in [-0.2, 0) is 25.5 Å². The maximum atomic E-state index is 13.4. The van der Waals surface area contributed by atoms with Crippen molar-refractivity contribution in [3.05, 3.63) is 166 Å². The van der Waals surface area contributed by atoms with Crippen LogP contribution in [0.4, 0.5) is 10.6 Å². The lowest BCUT2D eigenvalue weighted by molar-refractivity contribution is -0.149. The van der Waals surface area contributed by atoms with Gasteiger partial charge in [0, 0.05) is 12.7 Å². The highest BCUT2D eigenvalue weighted by atomic mass is 16.8. The van der Waals surface area contributed by atoms with Gasteiger partial charge in [0.1, 0.15) is 5.82 Å². The molecule has 6 rings (SSSR count). The Bertz CT molecular complexity index is 2010. The smallest absolute Gasteiger partial charge is 0.351 e. The van der Waals surface area contributed by atoms with Crippen LogP contribution in [0.1, 0.15) is 42.9 Å². The van der Waals surface area contributed by atoms with Crippen molar-refractivity contribution in [3.63, 3.8) is 0 Å². The van der Waals surface area contributed by atoms with E-state index < -0.39 is 54.4 Å². The van der Waals surface area contributed by atoms with E-state index in [1.165, 1.54) is 48.7 Å². The first kappa shape index (κ1) is 33.3. The second-order valence-electron chi connectivity index (χ2n) is 10.9. The fraction of sp³-hybridized carbons (Fsp3) is 0.135. The van der Waals surface area contributed by atoms with E-state index >= 15 is 0 Å². The molecule has 252 valence electrons. The highest BCUT2D eigenvalue weighted by molar-refractivity contribution is 5.91. The van der Waals surface area contributed by atoms with Gasteiger partial charge in [-0.15, -0.1) is 0 Å². The van der Waals surface area contributed by atoms with Crippen molar-refractivity contribution in [2.45, 2.75) is 31.3 Å². The number of anilines is 1. The van der Waals surface area contributed by atoms with E-state index in [0.29, 0.717) is 0 Å². The summed E-state index contributed by atoms with van der Waals surface area (Å²) in [5, 5.41) is 5.18. The van der Waals surface area contributed by atoms with Gasteiger partial charge in [-0.2, -0.15) is 4.98 Å². The first-order valence-electron chi connectivity index (χ1n) is 15.5. The molecule has 1 aliphatic rings. The molecule has 1 unspecified atom stereocenters. The third kappa shape index (κ3) is 8.09. The molecule has 2 heterocycles. The Labute approximate surface area is 285 Å². The number of hydrogen-bond donors (Lipinski definition) is 2. The molecule has 0 bridgehead atoms. The number of benzene rings is 4. The summed E-state index contributed by atoms with van der Waals surface area (Å²) in [7, 11) is 0. The molecule has 1 aliphatic heterocycles. The predicted octanol–water partition coefficient (Wildman–Crippen LogP) is 4.73. The zero-order chi connectivity index (χ0) is 34.9. The lowest BCUT2D eigenvalue weighted by Crippen LogP contribution is -2.42. The Morgan fingerprint density at radius 2 is 1.12 bits per heavy atom. The Balaban J connectivity index is 1.30. The van der Waals surface area contributed by atoms with E-state index in [-0.39, 0.29) is 29.1 Å². The van der Waals surface area contributed by atoms with Gasteiger partial charge < -0.3 is 24.3 Å². The molecule has 1 fully saturated rings. The van der Waals surface area contributed by atoms with Gasteiger partial charge in [-0.3, -0.25) is 9.88 Å². The average Bonchev–Trinajstić information content (AvgIpc) is 3.47. The van der Waals surface area contributed by atoms with Crippen LogP contribution in [0.25, 0.3) is 0 Å². The molecule has 0 spiro atoms. The maximum absolute atomic E-state index is 13.4. The number of carbonyl (C=O) groups excluding carboxylic acids is 4. The minimum Gasteiger partial charge on any atom is -0.450 e. The largest absolute Gasteiger partial charge is 0.450 e. The molecule has 5 aromatic rings. The number of aromatic nitrogens is 2. The molecule has 13 heteroatoms. The van der Waals surface area contributed by atoms with Crippen LogP contribution in [0.15, 0.2) is 138 Å². The Kier molecular flexibility index (Phi) is 10.3. The van der Waals surface area contributed by atoms with Crippen LogP contribution in [-0.4, -0.2) is 52.0 Å². The number of hydrogen-bond acceptors (Lipinski definition) is 10. The fourth-order valence-corrected chi connectivity index (χ4v) is 5.07. The summed E-state index contributed by atoms with van der Waals surface area (Å²) in [6.45, 7) is 0.236. The third-order valence-corrected chi connectivity index (χ3v) is 7.53. The minimum absolute atomic E-state index is 0.0771. The molecule has 13 nitrogen and oxygen atoms in total. The van der Waals surface area contributed by atoms with Crippen LogP contribution >= 0.6 is 0 Å². The van der Waals surface area contributed by atoms with Crippen molar-refractivity contribution < 1.29 is 38.1 Å². The van der Waals surface area contributed by atoms with E-state index in [0.717, 1.165) is 10.1 Å². The molecular formula is C37H30N4O9. The van der Waals surface area contributed by atoms with Crippen LogP contribution in [0.5, 0.6) is 0 Å². The van der Waals surface area contributed by atoms with Gasteiger partial charge >= 0.3 is 29.6 Å². The van der Waals surface area contributed by atoms with Crippen molar-refractivity contribution in [1.82, 2.24) is 14.9 Å². The van der Waals surface area contributed by atoms with Gasteiger partial charge in [-0.1, -0.05) is 84.9 Å². The normalized spacial score (nSPS) is 18.0. The summed E-state index contributed by atoms with van der Waals surface area (Å²) in [5.41, 5.74) is 0.448. The maximum Gasteiger partial charge on any atom is 0.351 e. The van der Waals surface area contributed by atoms with E-state index in [1.807, 2.05) is 30.3 Å². The third-order valence-electron chi connectivity index (χ3n) is 7.53. The number of ether oxygens (including phenoxy) is 4. The molecule has 0 radical (unpaired) electrons. The Morgan fingerprint density at radius 3 is 1.64 bits per heavy atom. The number of carbonyl (C=O) groups is 4. The van der Waals surface area contributed by atoms with Gasteiger partial charge in [0.2, 0.25) is 12.4 Å². The molecule has 0 aliphatic carbocycles. The van der Waals surface area contributed by atoms with Crippen molar-refractivity contribution in [1.29, 1.82) is 0 Å². The Hall–Kier alpha value is -6.60. The van der Waals surface area contributed by atoms with Gasteiger partial charge in [0.25, 0.3) is 0 Å². The number of esters is 3. The van der Waals surface area contributed by atoms with E-state index in [1.54, 1.807) is 54.6 Å². The lowest BCUT2D eigenvalue weighted by atomic mass is 10.1. The van der Waals surface area contributed by atoms with Gasteiger partial charge in [-0.05, 0) is 48.0 Å². The molecule has 1 saturated heterocycles. The number of urea groups is 1. The highest BCUT2D eigenvalue weighted by Crippen LogP contribution is 2.35. The molecule has 50 heavy (non-hydrogen) atoms. The van der Waals surface area contributed by atoms with Crippen LogP contribution < -0.4 is 16.3 Å². The van der Waals surface area contributed by atoms with Crippen molar-refractivity contribution in [2.24, 2.45) is 0 Å². The molecule has 1 aromatic heterocycles. The van der Waals surface area contributed by atoms with Crippen LogP contribution in [0, 0.1) is 0 Å². The minimum atomic E-state index is -1.64. The monoisotopic (exact) mass is 674 g/mol. The number of rotatable bonds is 10.